The van der Waals surface area contributed by atoms with E-state index in [1.165, 1.54) is 17.2 Å². The van der Waals surface area contributed by atoms with Crippen molar-refractivity contribution >= 4 is 5.97 Å². The number of carbonyl (C=O) groups is 1. The van der Waals surface area contributed by atoms with Gasteiger partial charge in [0.25, 0.3) is 0 Å². The number of ether oxygens (including phenoxy) is 2. The first-order chi connectivity index (χ1) is 15.2. The fourth-order valence-corrected chi connectivity index (χ4v) is 3.95. The van der Waals surface area contributed by atoms with Crippen molar-refractivity contribution in [1.29, 1.82) is 0 Å². The number of aliphatic carboxylic acids is 1. The van der Waals surface area contributed by atoms with Crippen molar-refractivity contribution < 1.29 is 48.9 Å². The fourth-order valence-electron chi connectivity index (χ4n) is 3.95. The van der Waals surface area contributed by atoms with Crippen molar-refractivity contribution in [3.8, 4) is 0 Å². The molecular weight excluding hydrogens is 413 g/mol. The molecule has 2 aromatic carbocycles. The van der Waals surface area contributed by atoms with Gasteiger partial charge >= 0.3 is 29.6 Å². The van der Waals surface area contributed by atoms with Crippen LogP contribution in [0.1, 0.15) is 36.8 Å². The zero-order valence-electron chi connectivity index (χ0n) is 19.0. The van der Waals surface area contributed by atoms with E-state index in [0.29, 0.717) is 13.2 Å². The minimum absolute atomic E-state index is 0. The van der Waals surface area contributed by atoms with Gasteiger partial charge in [0.1, 0.15) is 0 Å². The SMILES string of the molecule is O=C([O-])/C=C/COC1CCC(OCCN(Cc2ccccc2)Cc2ccccc2)CC1.[Na+]. The maximum atomic E-state index is 10.4. The molecule has 6 heteroatoms. The van der Waals surface area contributed by atoms with E-state index < -0.39 is 5.97 Å². The fraction of sp³-hybridized carbons (Fsp3) is 0.423. The van der Waals surface area contributed by atoms with E-state index in [4.69, 9.17) is 9.47 Å². The number of rotatable bonds is 12. The van der Waals surface area contributed by atoms with Gasteiger partial charge in [-0.15, -0.1) is 0 Å². The van der Waals surface area contributed by atoms with E-state index in [2.05, 4.69) is 53.4 Å². The summed E-state index contributed by atoms with van der Waals surface area (Å²) in [4.78, 5) is 12.8. The Kier molecular flexibility index (Phi) is 12.9. The Hall–Kier alpha value is -1.47. The molecule has 166 valence electrons. The Morgan fingerprint density at radius 2 is 1.38 bits per heavy atom. The molecule has 1 aliphatic carbocycles. The first-order valence-electron chi connectivity index (χ1n) is 11.1. The molecule has 0 heterocycles. The van der Waals surface area contributed by atoms with Gasteiger partial charge in [0.05, 0.1) is 31.4 Å². The van der Waals surface area contributed by atoms with Crippen LogP contribution in [-0.2, 0) is 27.4 Å². The average molecular weight is 446 g/mol. The van der Waals surface area contributed by atoms with Crippen molar-refractivity contribution in [1.82, 2.24) is 4.90 Å². The third kappa shape index (κ3) is 10.4. The van der Waals surface area contributed by atoms with E-state index >= 15 is 0 Å². The number of carboxylic acid groups (broad SMARTS) is 1. The molecule has 0 aliphatic heterocycles. The van der Waals surface area contributed by atoms with Crippen molar-refractivity contribution in [3.63, 3.8) is 0 Å². The van der Waals surface area contributed by atoms with Gasteiger partial charge in [0.2, 0.25) is 0 Å². The molecule has 2 aromatic rings. The summed E-state index contributed by atoms with van der Waals surface area (Å²) < 4.78 is 11.9. The van der Waals surface area contributed by atoms with Gasteiger partial charge in [-0.1, -0.05) is 66.7 Å². The third-order valence-corrected chi connectivity index (χ3v) is 5.56. The number of hydrogen-bond donors (Lipinski definition) is 0. The first kappa shape index (κ1) is 26.8. The van der Waals surface area contributed by atoms with Crippen LogP contribution in [0.25, 0.3) is 0 Å². The van der Waals surface area contributed by atoms with Crippen LogP contribution in [0.5, 0.6) is 0 Å². The number of hydrogen-bond acceptors (Lipinski definition) is 5. The molecule has 3 rings (SSSR count). The second-order valence-corrected chi connectivity index (χ2v) is 8.01. The standard InChI is InChI=1S/C26H33NO4.Na/c28-26(29)12-7-18-30-24-13-15-25(16-14-24)31-19-17-27(20-22-8-3-1-4-9-22)21-23-10-5-2-6-11-23;/h1-12,24-25H,13-21H2,(H,28,29);/q;+1/p-1/b12-7+;. The average Bonchev–Trinajstić information content (AvgIpc) is 2.79. The van der Waals surface area contributed by atoms with Gasteiger partial charge in [0.15, 0.2) is 0 Å². The molecule has 5 nitrogen and oxygen atoms in total. The van der Waals surface area contributed by atoms with Crippen molar-refractivity contribution in [3.05, 3.63) is 83.9 Å². The summed E-state index contributed by atoms with van der Waals surface area (Å²) in [6.45, 7) is 3.72. The van der Waals surface area contributed by atoms with Gasteiger partial charge in [-0.25, -0.2) is 0 Å². The molecule has 0 radical (unpaired) electrons. The Labute approximate surface area is 213 Å². The largest absolute Gasteiger partial charge is 1.00 e. The van der Waals surface area contributed by atoms with E-state index in [0.717, 1.165) is 51.4 Å². The molecular formula is C26H32NNaO4. The van der Waals surface area contributed by atoms with Crippen LogP contribution in [-0.4, -0.2) is 42.8 Å². The van der Waals surface area contributed by atoms with Gasteiger partial charge in [-0.05, 0) is 42.9 Å². The molecule has 0 N–H and O–H groups in total. The van der Waals surface area contributed by atoms with Crippen LogP contribution in [0, 0.1) is 0 Å². The zero-order chi connectivity index (χ0) is 21.7. The van der Waals surface area contributed by atoms with E-state index in [9.17, 15) is 9.90 Å². The first-order valence-corrected chi connectivity index (χ1v) is 11.1. The maximum Gasteiger partial charge on any atom is 1.00 e. The number of carbonyl (C=O) groups excluding carboxylic acids is 1. The summed E-state index contributed by atoms with van der Waals surface area (Å²) in [6.07, 6.45) is 6.81. The van der Waals surface area contributed by atoms with Gasteiger partial charge in [-0.2, -0.15) is 0 Å². The molecule has 0 amide bonds. The van der Waals surface area contributed by atoms with E-state index in [1.54, 1.807) is 0 Å². The number of nitrogens with zero attached hydrogens (tertiary/aromatic N) is 1. The Morgan fingerprint density at radius 3 is 1.88 bits per heavy atom. The van der Waals surface area contributed by atoms with Crippen LogP contribution < -0.4 is 34.7 Å². The molecule has 1 fully saturated rings. The van der Waals surface area contributed by atoms with E-state index in [-0.39, 0.29) is 41.8 Å². The Balaban J connectivity index is 0.00000363. The van der Waals surface area contributed by atoms with E-state index in [1.807, 2.05) is 12.1 Å². The Morgan fingerprint density at radius 1 is 0.875 bits per heavy atom. The summed E-state index contributed by atoms with van der Waals surface area (Å²) >= 11 is 0. The van der Waals surface area contributed by atoms with Crippen LogP contribution in [0.15, 0.2) is 72.8 Å². The Bertz CT molecular complexity index is 750. The smallest absolute Gasteiger partial charge is 0.545 e. The summed E-state index contributed by atoms with van der Waals surface area (Å²) in [7, 11) is 0. The molecule has 0 saturated heterocycles. The molecule has 0 bridgehead atoms. The summed E-state index contributed by atoms with van der Waals surface area (Å²) in [5, 5.41) is 10.4. The van der Waals surface area contributed by atoms with Crippen LogP contribution >= 0.6 is 0 Å². The minimum atomic E-state index is -1.19. The third-order valence-electron chi connectivity index (χ3n) is 5.56. The number of carboxylic acids is 1. The van der Waals surface area contributed by atoms with Crippen molar-refractivity contribution in [2.24, 2.45) is 0 Å². The zero-order valence-corrected chi connectivity index (χ0v) is 21.0. The van der Waals surface area contributed by atoms with Gasteiger partial charge < -0.3 is 19.4 Å². The molecule has 1 aliphatic rings. The molecule has 0 aromatic heterocycles. The quantitative estimate of drug-likeness (QED) is 0.348. The topological polar surface area (TPSA) is 61.8 Å². The summed E-state index contributed by atoms with van der Waals surface area (Å²) in [5.74, 6) is -1.19. The molecule has 32 heavy (non-hydrogen) atoms. The predicted molar refractivity (Wildman–Crippen MR) is 119 cm³/mol. The molecule has 0 spiro atoms. The summed E-state index contributed by atoms with van der Waals surface area (Å²) in [5.41, 5.74) is 2.62. The molecule has 0 atom stereocenters. The summed E-state index contributed by atoms with van der Waals surface area (Å²) in [6, 6.07) is 21.1. The minimum Gasteiger partial charge on any atom is -0.545 e. The van der Waals surface area contributed by atoms with Crippen LogP contribution in [0.2, 0.25) is 0 Å². The van der Waals surface area contributed by atoms with Gasteiger partial charge in [-0.3, -0.25) is 4.90 Å². The second kappa shape index (κ2) is 15.4. The van der Waals surface area contributed by atoms with Gasteiger partial charge in [0, 0.05) is 19.6 Å². The monoisotopic (exact) mass is 445 g/mol. The van der Waals surface area contributed by atoms with Crippen LogP contribution in [0.3, 0.4) is 0 Å². The molecule has 1 saturated carbocycles. The predicted octanol–water partition coefficient (Wildman–Crippen LogP) is 0.343. The van der Waals surface area contributed by atoms with Crippen molar-refractivity contribution in [2.45, 2.75) is 51.0 Å². The maximum absolute atomic E-state index is 10.4. The van der Waals surface area contributed by atoms with Crippen molar-refractivity contribution in [2.75, 3.05) is 19.8 Å². The number of benzene rings is 2. The second-order valence-electron chi connectivity index (χ2n) is 8.01. The normalized spacial score (nSPS) is 18.5. The molecule has 0 unspecified atom stereocenters. The van der Waals surface area contributed by atoms with Crippen LogP contribution in [0.4, 0.5) is 0 Å².